The van der Waals surface area contributed by atoms with Crippen LogP contribution in [0.5, 0.6) is 0 Å². The van der Waals surface area contributed by atoms with E-state index in [0.29, 0.717) is 19.4 Å². The summed E-state index contributed by atoms with van der Waals surface area (Å²) >= 11 is 0. The molecule has 0 spiro atoms. The Morgan fingerprint density at radius 3 is 2.26 bits per heavy atom. The summed E-state index contributed by atoms with van der Waals surface area (Å²) in [6, 6.07) is 8.03. The summed E-state index contributed by atoms with van der Waals surface area (Å²) in [6.45, 7) is 9.71. The molecule has 0 aromatic heterocycles. The monoisotopic (exact) mass is 478 g/mol. The quantitative estimate of drug-likeness (QED) is 0.253. The van der Waals surface area contributed by atoms with Crippen molar-refractivity contribution >= 4 is 23.9 Å². The van der Waals surface area contributed by atoms with Gasteiger partial charge in [0.15, 0.2) is 0 Å². The molecule has 9 nitrogen and oxygen atoms in total. The summed E-state index contributed by atoms with van der Waals surface area (Å²) in [7, 11) is 0. The molecule has 2 N–H and O–H groups in total. The highest BCUT2D eigenvalue weighted by Crippen LogP contribution is 2.08. The molecule has 9 heteroatoms. The lowest BCUT2D eigenvalue weighted by Crippen LogP contribution is -2.43. The SMILES string of the molecule is CC(C)COC(=O)[C@H](CC(=O)OCc1ccccc1)NC(=O)CCCCNC(=O)OC(C)(C)C. The van der Waals surface area contributed by atoms with Gasteiger partial charge >= 0.3 is 18.0 Å². The van der Waals surface area contributed by atoms with Crippen LogP contribution in [0.15, 0.2) is 30.3 Å². The fourth-order valence-corrected chi connectivity index (χ4v) is 2.69. The van der Waals surface area contributed by atoms with E-state index < -0.39 is 29.7 Å². The predicted octanol–water partition coefficient (Wildman–Crippen LogP) is 3.50. The van der Waals surface area contributed by atoms with Crippen molar-refractivity contribution in [2.24, 2.45) is 5.92 Å². The molecule has 1 aromatic carbocycles. The maximum Gasteiger partial charge on any atom is 0.407 e. The molecule has 0 fully saturated rings. The molecule has 1 rings (SSSR count). The van der Waals surface area contributed by atoms with Gasteiger partial charge in [-0.15, -0.1) is 0 Å². The lowest BCUT2D eigenvalue weighted by Gasteiger charge is -2.19. The summed E-state index contributed by atoms with van der Waals surface area (Å²) in [4.78, 5) is 48.7. The third kappa shape index (κ3) is 14.1. The molecule has 2 amide bonds. The number of hydrogen-bond donors (Lipinski definition) is 2. The van der Waals surface area contributed by atoms with Crippen LogP contribution in [0.1, 0.15) is 65.9 Å². The Labute approximate surface area is 201 Å². The highest BCUT2D eigenvalue weighted by atomic mass is 16.6. The van der Waals surface area contributed by atoms with Gasteiger partial charge in [0.1, 0.15) is 18.2 Å². The number of amides is 2. The van der Waals surface area contributed by atoms with Crippen molar-refractivity contribution in [2.75, 3.05) is 13.2 Å². The van der Waals surface area contributed by atoms with Crippen molar-refractivity contribution in [1.82, 2.24) is 10.6 Å². The van der Waals surface area contributed by atoms with E-state index in [9.17, 15) is 19.2 Å². The number of rotatable bonds is 13. The molecule has 0 unspecified atom stereocenters. The van der Waals surface area contributed by atoms with E-state index in [4.69, 9.17) is 14.2 Å². The molecular weight excluding hydrogens is 440 g/mol. The largest absolute Gasteiger partial charge is 0.464 e. The normalized spacial score (nSPS) is 11.9. The van der Waals surface area contributed by atoms with Crippen molar-refractivity contribution < 1.29 is 33.4 Å². The molecule has 0 radical (unpaired) electrons. The average molecular weight is 479 g/mol. The number of esters is 2. The Kier molecular flexibility index (Phi) is 12.7. The molecule has 0 saturated heterocycles. The lowest BCUT2D eigenvalue weighted by atomic mass is 10.1. The van der Waals surface area contributed by atoms with Crippen molar-refractivity contribution in [1.29, 1.82) is 0 Å². The average Bonchev–Trinajstić information content (AvgIpc) is 2.74. The zero-order valence-corrected chi connectivity index (χ0v) is 20.8. The van der Waals surface area contributed by atoms with E-state index in [-0.39, 0.29) is 37.9 Å². The Bertz CT molecular complexity index is 788. The standard InChI is InChI=1S/C25H38N2O7/c1-18(2)16-33-23(30)20(15-22(29)32-17-19-11-7-6-8-12-19)27-21(28)13-9-10-14-26-24(31)34-25(3,4)5/h6-8,11-12,18,20H,9-10,13-17H2,1-5H3,(H,26,31)(H,27,28)/t20-/m0/s1. The number of carbonyl (C=O) groups excluding carboxylic acids is 4. The first kappa shape index (κ1) is 28.9. The minimum atomic E-state index is -1.13. The minimum Gasteiger partial charge on any atom is -0.464 e. The van der Waals surface area contributed by atoms with Crippen LogP contribution in [-0.4, -0.2) is 48.7 Å². The van der Waals surface area contributed by atoms with Crippen LogP contribution in [0.3, 0.4) is 0 Å². The molecule has 34 heavy (non-hydrogen) atoms. The van der Waals surface area contributed by atoms with Crippen LogP contribution < -0.4 is 10.6 Å². The molecule has 0 aliphatic heterocycles. The number of benzene rings is 1. The number of unbranched alkanes of at least 4 members (excludes halogenated alkanes) is 1. The van der Waals surface area contributed by atoms with Crippen molar-refractivity contribution in [3.63, 3.8) is 0 Å². The lowest BCUT2D eigenvalue weighted by molar-refractivity contribution is -0.155. The summed E-state index contributed by atoms with van der Waals surface area (Å²) in [5.74, 6) is -1.56. The number of hydrogen-bond acceptors (Lipinski definition) is 7. The fraction of sp³-hybridized carbons (Fsp3) is 0.600. The summed E-state index contributed by atoms with van der Waals surface area (Å²) < 4.78 is 15.6. The number of alkyl carbamates (subject to hydrolysis) is 1. The summed E-state index contributed by atoms with van der Waals surface area (Å²) in [6.07, 6.45) is 0.319. The van der Waals surface area contributed by atoms with E-state index in [0.717, 1.165) is 5.56 Å². The maximum absolute atomic E-state index is 12.5. The van der Waals surface area contributed by atoms with Gasteiger partial charge in [-0.25, -0.2) is 9.59 Å². The molecule has 0 aliphatic rings. The van der Waals surface area contributed by atoms with Crippen LogP contribution in [0, 0.1) is 5.92 Å². The number of carbonyl (C=O) groups is 4. The first-order valence-electron chi connectivity index (χ1n) is 11.6. The van der Waals surface area contributed by atoms with E-state index in [1.165, 1.54) is 0 Å². The Balaban J connectivity index is 2.48. The summed E-state index contributed by atoms with van der Waals surface area (Å²) in [5.41, 5.74) is 0.240. The third-order valence-corrected chi connectivity index (χ3v) is 4.29. The van der Waals surface area contributed by atoms with Gasteiger partial charge in [-0.1, -0.05) is 44.2 Å². The van der Waals surface area contributed by atoms with Gasteiger partial charge in [-0.05, 0) is 45.1 Å². The Morgan fingerprint density at radius 1 is 0.971 bits per heavy atom. The second-order valence-corrected chi connectivity index (χ2v) is 9.38. The maximum atomic E-state index is 12.5. The van der Waals surface area contributed by atoms with E-state index >= 15 is 0 Å². The molecule has 0 heterocycles. The van der Waals surface area contributed by atoms with Crippen LogP contribution in [0.2, 0.25) is 0 Å². The smallest absolute Gasteiger partial charge is 0.407 e. The predicted molar refractivity (Wildman–Crippen MR) is 127 cm³/mol. The number of ether oxygens (including phenoxy) is 3. The molecule has 0 aliphatic carbocycles. The molecular formula is C25H38N2O7. The highest BCUT2D eigenvalue weighted by Gasteiger charge is 2.26. The van der Waals surface area contributed by atoms with E-state index in [2.05, 4.69) is 10.6 Å². The second kappa shape index (κ2) is 14.9. The Hall–Kier alpha value is -3.10. The van der Waals surface area contributed by atoms with E-state index in [1.807, 2.05) is 44.2 Å². The second-order valence-electron chi connectivity index (χ2n) is 9.38. The van der Waals surface area contributed by atoms with Crippen molar-refractivity contribution in [2.45, 2.75) is 78.6 Å². The molecule has 0 bridgehead atoms. The van der Waals surface area contributed by atoms with Gasteiger partial charge in [0, 0.05) is 13.0 Å². The molecule has 0 saturated carbocycles. The molecule has 1 aromatic rings. The van der Waals surface area contributed by atoms with Crippen LogP contribution >= 0.6 is 0 Å². The van der Waals surface area contributed by atoms with Gasteiger partial charge < -0.3 is 24.8 Å². The van der Waals surface area contributed by atoms with E-state index in [1.54, 1.807) is 20.8 Å². The van der Waals surface area contributed by atoms with Gasteiger partial charge in [0.2, 0.25) is 5.91 Å². The first-order valence-corrected chi connectivity index (χ1v) is 11.6. The minimum absolute atomic E-state index is 0.0754. The third-order valence-electron chi connectivity index (χ3n) is 4.29. The zero-order valence-electron chi connectivity index (χ0n) is 20.8. The van der Waals surface area contributed by atoms with Crippen LogP contribution in [0.4, 0.5) is 4.79 Å². The van der Waals surface area contributed by atoms with Gasteiger partial charge in [-0.2, -0.15) is 0 Å². The molecule has 1 atom stereocenters. The number of nitrogens with one attached hydrogen (secondary N) is 2. The summed E-state index contributed by atoms with van der Waals surface area (Å²) in [5, 5.41) is 5.20. The van der Waals surface area contributed by atoms with Gasteiger partial charge in [-0.3, -0.25) is 9.59 Å². The first-order chi connectivity index (χ1) is 16.0. The van der Waals surface area contributed by atoms with Crippen LogP contribution in [-0.2, 0) is 35.2 Å². The van der Waals surface area contributed by atoms with Crippen molar-refractivity contribution in [3.05, 3.63) is 35.9 Å². The fourth-order valence-electron chi connectivity index (χ4n) is 2.69. The highest BCUT2D eigenvalue weighted by molar-refractivity contribution is 5.88. The van der Waals surface area contributed by atoms with Crippen molar-refractivity contribution in [3.8, 4) is 0 Å². The molecule has 190 valence electrons. The van der Waals surface area contributed by atoms with Crippen LogP contribution in [0.25, 0.3) is 0 Å². The Morgan fingerprint density at radius 2 is 1.65 bits per heavy atom. The van der Waals surface area contributed by atoms with Gasteiger partial charge in [0.05, 0.1) is 13.0 Å². The zero-order chi connectivity index (χ0) is 25.6. The van der Waals surface area contributed by atoms with Gasteiger partial charge in [0.25, 0.3) is 0 Å². The topological polar surface area (TPSA) is 120 Å².